The summed E-state index contributed by atoms with van der Waals surface area (Å²) in [6.07, 6.45) is 8.90. The van der Waals surface area contributed by atoms with E-state index in [4.69, 9.17) is 23.2 Å². The number of hydrogen-bond donors (Lipinski definition) is 0. The molecule has 4 heteroatoms. The van der Waals surface area contributed by atoms with Gasteiger partial charge in [-0.15, -0.1) is 11.6 Å². The van der Waals surface area contributed by atoms with Crippen LogP contribution >= 0.6 is 23.2 Å². The quantitative estimate of drug-likeness (QED) is 0.613. The number of allylic oxidation sites excluding steroid dienone is 4. The standard InChI is InChI=1S/C18H20Cl2O2/c1-17-7-6-13-11(12(17)4-5-16(17)22)3-2-10-8-15(21)14(19)9-18(10,13)20/h8-9,11-13H,2-7H2,1H3/t11-,12-,13-,17-,18+/m0/s1. The van der Waals surface area contributed by atoms with Crippen LogP contribution in [0.3, 0.4) is 0 Å². The molecule has 5 atom stereocenters. The lowest BCUT2D eigenvalue weighted by atomic mass is 9.52. The van der Waals surface area contributed by atoms with Crippen molar-refractivity contribution in [1.29, 1.82) is 0 Å². The summed E-state index contributed by atoms with van der Waals surface area (Å²) in [6, 6.07) is 0. The summed E-state index contributed by atoms with van der Waals surface area (Å²) in [5, 5.41) is 0.246. The van der Waals surface area contributed by atoms with Crippen LogP contribution < -0.4 is 0 Å². The van der Waals surface area contributed by atoms with E-state index in [9.17, 15) is 9.59 Å². The van der Waals surface area contributed by atoms with E-state index in [1.54, 1.807) is 12.2 Å². The molecule has 0 unspecified atom stereocenters. The minimum atomic E-state index is -0.610. The number of carbonyl (C=O) groups excluding carboxylic acids is 2. The van der Waals surface area contributed by atoms with Crippen molar-refractivity contribution in [2.75, 3.05) is 0 Å². The van der Waals surface area contributed by atoms with Gasteiger partial charge in [0.25, 0.3) is 0 Å². The predicted octanol–water partition coefficient (Wildman–Crippen LogP) is 4.40. The third-order valence-electron chi connectivity index (χ3n) is 6.80. The monoisotopic (exact) mass is 338 g/mol. The number of ketones is 2. The summed E-state index contributed by atoms with van der Waals surface area (Å²) in [4.78, 5) is 23.6. The second kappa shape index (κ2) is 4.70. The van der Waals surface area contributed by atoms with Gasteiger partial charge in [-0.3, -0.25) is 9.59 Å². The van der Waals surface area contributed by atoms with Crippen LogP contribution in [0, 0.1) is 23.2 Å². The van der Waals surface area contributed by atoms with E-state index in [0.717, 1.165) is 44.1 Å². The van der Waals surface area contributed by atoms with E-state index in [-0.39, 0.29) is 16.2 Å². The van der Waals surface area contributed by atoms with E-state index >= 15 is 0 Å². The van der Waals surface area contributed by atoms with Gasteiger partial charge in [-0.1, -0.05) is 18.5 Å². The first kappa shape index (κ1) is 15.0. The lowest BCUT2D eigenvalue weighted by Gasteiger charge is -2.54. The predicted molar refractivity (Wildman–Crippen MR) is 86.9 cm³/mol. The number of halogens is 2. The van der Waals surface area contributed by atoms with Gasteiger partial charge in [-0.25, -0.2) is 0 Å². The molecule has 0 aromatic rings. The Morgan fingerprint density at radius 2 is 1.91 bits per heavy atom. The molecule has 0 spiro atoms. The van der Waals surface area contributed by atoms with E-state index in [0.29, 0.717) is 23.5 Å². The molecular weight excluding hydrogens is 319 g/mol. The van der Waals surface area contributed by atoms with Crippen LogP contribution in [0.25, 0.3) is 0 Å². The molecule has 3 fully saturated rings. The zero-order chi connectivity index (χ0) is 15.7. The Bertz CT molecular complexity index is 635. The molecule has 0 N–H and O–H groups in total. The molecule has 4 aliphatic carbocycles. The van der Waals surface area contributed by atoms with Gasteiger partial charge in [0.15, 0.2) is 5.78 Å². The first-order chi connectivity index (χ1) is 10.4. The van der Waals surface area contributed by atoms with Crippen molar-refractivity contribution in [2.45, 2.75) is 50.3 Å². The molecule has 0 amide bonds. The SMILES string of the molecule is C[C@]12CC[C@H]3[C@@H](CCC4=CC(=O)C(Cl)=C[C@@]43Cl)[C@@H]1CCC2=O. The van der Waals surface area contributed by atoms with Gasteiger partial charge in [-0.05, 0) is 67.6 Å². The lowest BCUT2D eigenvalue weighted by Crippen LogP contribution is -2.51. The maximum atomic E-state index is 12.3. The Morgan fingerprint density at radius 1 is 1.14 bits per heavy atom. The van der Waals surface area contributed by atoms with Crippen molar-refractivity contribution in [3.8, 4) is 0 Å². The second-order valence-electron chi connectivity index (χ2n) is 7.63. The molecule has 0 heterocycles. The molecule has 0 aromatic heterocycles. The number of Topliss-reactive ketones (excluding diaryl/α,β-unsaturated/α-hetero) is 1. The Labute approximate surface area is 140 Å². The summed E-state index contributed by atoms with van der Waals surface area (Å²) in [7, 11) is 0. The van der Waals surface area contributed by atoms with Gasteiger partial charge in [0.05, 0.1) is 9.91 Å². The molecule has 118 valence electrons. The molecule has 4 aliphatic rings. The van der Waals surface area contributed by atoms with Crippen LogP contribution in [-0.2, 0) is 9.59 Å². The van der Waals surface area contributed by atoms with E-state index in [2.05, 4.69) is 6.92 Å². The highest BCUT2D eigenvalue weighted by Gasteiger charge is 2.59. The first-order valence-electron chi connectivity index (χ1n) is 8.22. The summed E-state index contributed by atoms with van der Waals surface area (Å²) >= 11 is 13.1. The summed E-state index contributed by atoms with van der Waals surface area (Å²) in [6.45, 7) is 2.16. The smallest absolute Gasteiger partial charge is 0.196 e. The van der Waals surface area contributed by atoms with Gasteiger partial charge in [0.1, 0.15) is 5.78 Å². The summed E-state index contributed by atoms with van der Waals surface area (Å²) < 4.78 is 0. The second-order valence-corrected chi connectivity index (χ2v) is 8.66. The van der Waals surface area contributed by atoms with Gasteiger partial charge in [-0.2, -0.15) is 0 Å². The van der Waals surface area contributed by atoms with Crippen molar-refractivity contribution >= 4 is 34.8 Å². The van der Waals surface area contributed by atoms with Crippen molar-refractivity contribution in [3.05, 3.63) is 22.8 Å². The van der Waals surface area contributed by atoms with E-state index < -0.39 is 4.87 Å². The topological polar surface area (TPSA) is 34.1 Å². The Kier molecular flexibility index (Phi) is 3.20. The molecule has 0 radical (unpaired) electrons. The minimum Gasteiger partial charge on any atom is -0.299 e. The van der Waals surface area contributed by atoms with Crippen LogP contribution in [0.5, 0.6) is 0 Å². The number of fused-ring (bicyclic) bond motifs is 5. The van der Waals surface area contributed by atoms with Crippen LogP contribution in [0.15, 0.2) is 22.8 Å². The van der Waals surface area contributed by atoms with Crippen molar-refractivity contribution in [3.63, 3.8) is 0 Å². The van der Waals surface area contributed by atoms with Crippen molar-refractivity contribution in [2.24, 2.45) is 23.2 Å². The highest BCUT2D eigenvalue weighted by molar-refractivity contribution is 6.46. The highest BCUT2D eigenvalue weighted by Crippen LogP contribution is 2.62. The molecule has 22 heavy (non-hydrogen) atoms. The van der Waals surface area contributed by atoms with E-state index in [1.165, 1.54) is 0 Å². The van der Waals surface area contributed by atoms with Crippen LogP contribution in [0.1, 0.15) is 45.4 Å². The largest absolute Gasteiger partial charge is 0.299 e. The fourth-order valence-electron chi connectivity index (χ4n) is 5.60. The molecule has 0 saturated heterocycles. The number of alkyl halides is 1. The third-order valence-corrected chi connectivity index (χ3v) is 7.73. The molecule has 0 aromatic carbocycles. The molecule has 4 rings (SSSR count). The number of carbonyl (C=O) groups is 2. The fourth-order valence-corrected chi connectivity index (χ4v) is 6.41. The maximum Gasteiger partial charge on any atom is 0.196 e. The Hall–Kier alpha value is -0.600. The third kappa shape index (κ3) is 1.80. The highest BCUT2D eigenvalue weighted by atomic mass is 35.5. The van der Waals surface area contributed by atoms with Crippen LogP contribution in [0.2, 0.25) is 0 Å². The Balaban J connectivity index is 1.74. The molecular formula is C18H20Cl2O2. The zero-order valence-corrected chi connectivity index (χ0v) is 14.2. The van der Waals surface area contributed by atoms with Crippen molar-refractivity contribution < 1.29 is 9.59 Å². The summed E-state index contributed by atoms with van der Waals surface area (Å²) in [5.41, 5.74) is 0.880. The van der Waals surface area contributed by atoms with Crippen LogP contribution in [-0.4, -0.2) is 16.4 Å². The minimum absolute atomic E-state index is 0.122. The molecule has 0 bridgehead atoms. The normalized spacial score (nSPS) is 47.3. The van der Waals surface area contributed by atoms with Gasteiger partial charge in [0, 0.05) is 11.8 Å². The average molecular weight is 339 g/mol. The molecule has 3 saturated carbocycles. The van der Waals surface area contributed by atoms with Crippen LogP contribution in [0.4, 0.5) is 0 Å². The molecule has 0 aliphatic heterocycles. The first-order valence-corrected chi connectivity index (χ1v) is 8.98. The Morgan fingerprint density at radius 3 is 2.68 bits per heavy atom. The van der Waals surface area contributed by atoms with Gasteiger partial charge in [0.2, 0.25) is 0 Å². The lowest BCUT2D eigenvalue weighted by molar-refractivity contribution is -0.130. The zero-order valence-electron chi connectivity index (χ0n) is 12.7. The van der Waals surface area contributed by atoms with Gasteiger partial charge < -0.3 is 0 Å². The number of rotatable bonds is 0. The maximum absolute atomic E-state index is 12.3. The van der Waals surface area contributed by atoms with Crippen molar-refractivity contribution in [1.82, 2.24) is 0 Å². The summed E-state index contributed by atoms with van der Waals surface area (Å²) in [5.74, 6) is 1.52. The number of hydrogen-bond acceptors (Lipinski definition) is 2. The van der Waals surface area contributed by atoms with Gasteiger partial charge >= 0.3 is 0 Å². The fraction of sp³-hybridized carbons (Fsp3) is 0.667. The molecule has 2 nitrogen and oxygen atoms in total. The van der Waals surface area contributed by atoms with E-state index in [1.807, 2.05) is 0 Å². The average Bonchev–Trinajstić information content (AvgIpc) is 2.77.